The number of carboxylic acid groups (broad SMARTS) is 1. The molecular weight excluding hydrogens is 416 g/mol. The van der Waals surface area contributed by atoms with Crippen molar-refractivity contribution in [3.63, 3.8) is 0 Å². The first kappa shape index (κ1) is 21.8. The van der Waals surface area contributed by atoms with Gasteiger partial charge in [-0.1, -0.05) is 48.5 Å². The summed E-state index contributed by atoms with van der Waals surface area (Å²) in [5, 5.41) is 23.0. The summed E-state index contributed by atoms with van der Waals surface area (Å²) in [6, 6.07) is 15.4. The second kappa shape index (κ2) is 9.37. The lowest BCUT2D eigenvalue weighted by Gasteiger charge is -2.20. The Morgan fingerprint density at radius 3 is 2.31 bits per heavy atom. The Kier molecular flexibility index (Phi) is 6.38. The van der Waals surface area contributed by atoms with Crippen molar-refractivity contribution in [3.05, 3.63) is 59.7 Å². The number of nitrogens with one attached hydrogen (secondary N) is 2. The molecule has 1 heterocycles. The van der Waals surface area contributed by atoms with Gasteiger partial charge in [0.05, 0.1) is 12.6 Å². The van der Waals surface area contributed by atoms with Gasteiger partial charge in [-0.2, -0.15) is 0 Å². The van der Waals surface area contributed by atoms with E-state index in [1.807, 2.05) is 36.4 Å². The van der Waals surface area contributed by atoms with Crippen molar-refractivity contribution < 1.29 is 34.1 Å². The number of alkyl carbamates (subject to hydrolysis) is 1. The highest BCUT2D eigenvalue weighted by atomic mass is 16.6. The summed E-state index contributed by atoms with van der Waals surface area (Å²) in [5.74, 6) is -2.12. The number of carbonyl (C=O) groups is 3. The van der Waals surface area contributed by atoms with Crippen molar-refractivity contribution in [1.82, 2.24) is 10.6 Å². The quantitative estimate of drug-likeness (QED) is 0.509. The maximum absolute atomic E-state index is 12.5. The van der Waals surface area contributed by atoms with Crippen LogP contribution in [0.15, 0.2) is 48.5 Å². The smallest absolute Gasteiger partial charge is 0.407 e. The van der Waals surface area contributed by atoms with Crippen LogP contribution >= 0.6 is 0 Å². The molecular formula is C23H24N2O7. The lowest BCUT2D eigenvalue weighted by molar-refractivity contribution is -0.146. The monoisotopic (exact) mass is 440 g/mol. The van der Waals surface area contributed by atoms with Crippen molar-refractivity contribution >= 4 is 18.0 Å². The molecule has 3 atom stereocenters. The highest BCUT2D eigenvalue weighted by Crippen LogP contribution is 2.44. The van der Waals surface area contributed by atoms with E-state index in [-0.39, 0.29) is 19.1 Å². The first-order valence-corrected chi connectivity index (χ1v) is 10.4. The molecule has 9 heteroatoms. The van der Waals surface area contributed by atoms with Crippen LogP contribution in [0.4, 0.5) is 4.79 Å². The third-order valence-electron chi connectivity index (χ3n) is 5.75. The molecule has 9 nitrogen and oxygen atoms in total. The summed E-state index contributed by atoms with van der Waals surface area (Å²) in [4.78, 5) is 35.4. The molecule has 1 aliphatic heterocycles. The maximum Gasteiger partial charge on any atom is 0.407 e. The maximum atomic E-state index is 12.5. The van der Waals surface area contributed by atoms with Crippen LogP contribution in [-0.4, -0.2) is 66.2 Å². The molecule has 4 rings (SSSR count). The van der Waals surface area contributed by atoms with E-state index >= 15 is 0 Å². The molecule has 0 radical (unpaired) electrons. The Morgan fingerprint density at radius 2 is 1.69 bits per heavy atom. The van der Waals surface area contributed by atoms with Crippen LogP contribution < -0.4 is 10.6 Å². The molecule has 2 aromatic rings. The van der Waals surface area contributed by atoms with Crippen molar-refractivity contribution in [2.24, 2.45) is 0 Å². The SMILES string of the molecule is O=C(N[C@@H]1CCO[C@@H]1C(=O)NC[C@H](O)C(=O)O)OCC1c2ccccc2-c2ccccc21. The van der Waals surface area contributed by atoms with Gasteiger partial charge < -0.3 is 30.3 Å². The average Bonchev–Trinajstić information content (AvgIpc) is 3.38. The van der Waals surface area contributed by atoms with Crippen LogP contribution in [0.3, 0.4) is 0 Å². The minimum Gasteiger partial charge on any atom is -0.479 e. The van der Waals surface area contributed by atoms with Crippen molar-refractivity contribution in [1.29, 1.82) is 0 Å². The van der Waals surface area contributed by atoms with Crippen LogP contribution in [-0.2, 0) is 19.1 Å². The number of rotatable bonds is 7. The normalized spacial score (nSPS) is 20.2. The number of aliphatic hydroxyl groups is 1. The Hall–Kier alpha value is -3.43. The summed E-state index contributed by atoms with van der Waals surface area (Å²) in [7, 11) is 0. The third-order valence-corrected chi connectivity index (χ3v) is 5.75. The van der Waals surface area contributed by atoms with E-state index in [1.54, 1.807) is 0 Å². The van der Waals surface area contributed by atoms with Gasteiger partial charge in [-0.05, 0) is 28.7 Å². The predicted molar refractivity (Wildman–Crippen MR) is 113 cm³/mol. The molecule has 1 saturated heterocycles. The number of hydrogen-bond donors (Lipinski definition) is 4. The largest absolute Gasteiger partial charge is 0.479 e. The Morgan fingerprint density at radius 1 is 1.06 bits per heavy atom. The van der Waals surface area contributed by atoms with Gasteiger partial charge in [0, 0.05) is 12.5 Å². The van der Waals surface area contributed by atoms with Gasteiger partial charge in [-0.3, -0.25) is 4.79 Å². The topological polar surface area (TPSA) is 134 Å². The lowest BCUT2D eigenvalue weighted by Crippen LogP contribution is -2.50. The van der Waals surface area contributed by atoms with Crippen molar-refractivity contribution in [3.8, 4) is 11.1 Å². The Bertz CT molecular complexity index is 979. The average molecular weight is 440 g/mol. The molecule has 1 fully saturated rings. The second-order valence-electron chi connectivity index (χ2n) is 7.76. The number of aliphatic hydroxyl groups excluding tert-OH is 1. The van der Waals surface area contributed by atoms with Gasteiger partial charge in [0.25, 0.3) is 5.91 Å². The number of hydrogen-bond acceptors (Lipinski definition) is 6. The molecule has 4 N–H and O–H groups in total. The number of ether oxygens (including phenoxy) is 2. The van der Waals surface area contributed by atoms with Crippen LogP contribution in [0.1, 0.15) is 23.5 Å². The van der Waals surface area contributed by atoms with Crippen LogP contribution in [0.25, 0.3) is 11.1 Å². The van der Waals surface area contributed by atoms with Crippen LogP contribution in [0.5, 0.6) is 0 Å². The van der Waals surface area contributed by atoms with Gasteiger partial charge in [-0.25, -0.2) is 9.59 Å². The van der Waals surface area contributed by atoms with E-state index in [0.717, 1.165) is 22.3 Å². The molecule has 2 amide bonds. The Labute approximate surface area is 184 Å². The third kappa shape index (κ3) is 4.44. The van der Waals surface area contributed by atoms with E-state index in [0.29, 0.717) is 6.42 Å². The predicted octanol–water partition coefficient (Wildman–Crippen LogP) is 1.24. The van der Waals surface area contributed by atoms with Crippen LogP contribution in [0.2, 0.25) is 0 Å². The summed E-state index contributed by atoms with van der Waals surface area (Å²) in [5.41, 5.74) is 4.45. The molecule has 168 valence electrons. The van der Waals surface area contributed by atoms with E-state index < -0.39 is 42.8 Å². The van der Waals surface area contributed by atoms with Gasteiger partial charge >= 0.3 is 12.1 Å². The summed E-state index contributed by atoms with van der Waals surface area (Å²) < 4.78 is 10.9. The molecule has 0 spiro atoms. The standard InChI is InChI=1S/C23H24N2O7/c26-19(22(28)29)11-24-21(27)20-18(9-10-31-20)25-23(30)32-12-17-15-7-3-1-5-13(15)14-6-2-4-8-16(14)17/h1-8,17-20,26H,9-12H2,(H,24,27)(H,25,30)(H,28,29)/t18-,19+,20+/m1/s1. The van der Waals surface area contributed by atoms with Gasteiger partial charge in [0.2, 0.25) is 0 Å². The highest BCUT2D eigenvalue weighted by Gasteiger charge is 2.36. The van der Waals surface area contributed by atoms with Crippen molar-refractivity contribution in [2.45, 2.75) is 30.6 Å². The first-order chi connectivity index (χ1) is 15.5. The minimum absolute atomic E-state index is 0.0791. The second-order valence-corrected chi connectivity index (χ2v) is 7.76. The van der Waals surface area contributed by atoms with E-state index in [9.17, 15) is 19.5 Å². The molecule has 32 heavy (non-hydrogen) atoms. The summed E-state index contributed by atoms with van der Waals surface area (Å²) in [6.45, 7) is -0.0469. The lowest BCUT2D eigenvalue weighted by atomic mass is 9.98. The molecule has 0 aromatic heterocycles. The van der Waals surface area contributed by atoms with Crippen LogP contribution in [0, 0.1) is 0 Å². The Balaban J connectivity index is 1.34. The number of carboxylic acids is 1. The number of amides is 2. The first-order valence-electron chi connectivity index (χ1n) is 10.4. The fourth-order valence-corrected chi connectivity index (χ4v) is 4.17. The highest BCUT2D eigenvalue weighted by molar-refractivity contribution is 5.84. The van der Waals surface area contributed by atoms with Gasteiger partial charge in [0.1, 0.15) is 6.61 Å². The molecule has 0 bridgehead atoms. The number of fused-ring (bicyclic) bond motifs is 3. The number of benzene rings is 2. The minimum atomic E-state index is -1.71. The molecule has 0 saturated carbocycles. The van der Waals surface area contributed by atoms with Gasteiger partial charge in [-0.15, -0.1) is 0 Å². The molecule has 1 aliphatic carbocycles. The number of aliphatic carboxylic acids is 1. The zero-order chi connectivity index (χ0) is 22.7. The summed E-state index contributed by atoms with van der Waals surface area (Å²) in [6.07, 6.45) is -2.96. The summed E-state index contributed by atoms with van der Waals surface area (Å²) >= 11 is 0. The number of carbonyl (C=O) groups excluding carboxylic acids is 2. The molecule has 0 unspecified atom stereocenters. The molecule has 2 aromatic carbocycles. The fourth-order valence-electron chi connectivity index (χ4n) is 4.17. The van der Waals surface area contributed by atoms with E-state index in [2.05, 4.69) is 22.8 Å². The van der Waals surface area contributed by atoms with E-state index in [1.165, 1.54) is 0 Å². The molecule has 2 aliphatic rings. The zero-order valence-corrected chi connectivity index (χ0v) is 17.2. The van der Waals surface area contributed by atoms with E-state index in [4.69, 9.17) is 14.6 Å². The van der Waals surface area contributed by atoms with Crippen molar-refractivity contribution in [2.75, 3.05) is 19.8 Å². The zero-order valence-electron chi connectivity index (χ0n) is 17.2. The van der Waals surface area contributed by atoms with Gasteiger partial charge in [0.15, 0.2) is 12.2 Å². The fraction of sp³-hybridized carbons (Fsp3) is 0.348.